The molecule has 3 aromatic heterocycles. The molecule has 3 aromatic rings. The standard InChI is InChI=1S/C19H22N6O2/c1-13-9-15(22-27-13)17(26)24-6-3-19(4-7-24)5-8-25-16(11-20-18(19)25)14-10-21-23(2)12-14/h9-12H,3-8H2,1-2H3. The lowest BCUT2D eigenvalue weighted by Crippen LogP contribution is -2.44. The average molecular weight is 366 g/mol. The van der Waals surface area contributed by atoms with Gasteiger partial charge in [0.15, 0.2) is 5.69 Å². The highest BCUT2D eigenvalue weighted by Crippen LogP contribution is 2.44. The Bertz CT molecular complexity index is 1010. The summed E-state index contributed by atoms with van der Waals surface area (Å²) in [7, 11) is 1.93. The zero-order valence-electron chi connectivity index (χ0n) is 15.6. The third-order valence-corrected chi connectivity index (χ3v) is 6.00. The van der Waals surface area contributed by atoms with Gasteiger partial charge in [-0.2, -0.15) is 5.10 Å². The highest BCUT2D eigenvalue weighted by molar-refractivity contribution is 5.92. The molecule has 27 heavy (non-hydrogen) atoms. The van der Waals surface area contributed by atoms with Gasteiger partial charge in [-0.1, -0.05) is 5.16 Å². The van der Waals surface area contributed by atoms with E-state index in [1.54, 1.807) is 13.0 Å². The van der Waals surface area contributed by atoms with Crippen molar-refractivity contribution in [3.8, 4) is 11.3 Å². The molecule has 0 unspecified atom stereocenters. The Kier molecular flexibility index (Phi) is 3.50. The summed E-state index contributed by atoms with van der Waals surface area (Å²) in [5.41, 5.74) is 2.70. The van der Waals surface area contributed by atoms with Crippen molar-refractivity contribution in [3.05, 3.63) is 41.9 Å². The van der Waals surface area contributed by atoms with E-state index >= 15 is 0 Å². The Morgan fingerprint density at radius 1 is 1.19 bits per heavy atom. The van der Waals surface area contributed by atoms with E-state index < -0.39 is 0 Å². The molecule has 5 rings (SSSR count). The lowest BCUT2D eigenvalue weighted by Gasteiger charge is -2.38. The molecule has 8 heteroatoms. The predicted molar refractivity (Wildman–Crippen MR) is 97.1 cm³/mol. The minimum absolute atomic E-state index is 0.0425. The molecule has 1 saturated heterocycles. The lowest BCUT2D eigenvalue weighted by atomic mass is 9.76. The van der Waals surface area contributed by atoms with Crippen LogP contribution in [-0.2, 0) is 19.0 Å². The van der Waals surface area contributed by atoms with Gasteiger partial charge in [-0.25, -0.2) is 4.98 Å². The van der Waals surface area contributed by atoms with E-state index in [-0.39, 0.29) is 11.3 Å². The summed E-state index contributed by atoms with van der Waals surface area (Å²) in [5, 5.41) is 8.14. The quantitative estimate of drug-likeness (QED) is 0.694. The second-order valence-corrected chi connectivity index (χ2v) is 7.67. The summed E-state index contributed by atoms with van der Waals surface area (Å²) in [6, 6.07) is 1.70. The molecule has 1 spiro atoms. The van der Waals surface area contributed by atoms with E-state index in [1.165, 1.54) is 0 Å². The highest BCUT2D eigenvalue weighted by atomic mass is 16.5. The van der Waals surface area contributed by atoms with Gasteiger partial charge in [-0.05, 0) is 26.2 Å². The van der Waals surface area contributed by atoms with E-state index in [1.807, 2.05) is 35.2 Å². The van der Waals surface area contributed by atoms with Crippen LogP contribution in [0, 0.1) is 6.92 Å². The van der Waals surface area contributed by atoms with Crippen molar-refractivity contribution in [2.45, 2.75) is 38.1 Å². The molecule has 0 bridgehead atoms. The molecule has 1 amide bonds. The fourth-order valence-electron chi connectivity index (χ4n) is 4.49. The fraction of sp³-hybridized carbons (Fsp3) is 0.474. The molecule has 1 fully saturated rings. The largest absolute Gasteiger partial charge is 0.361 e. The van der Waals surface area contributed by atoms with Crippen molar-refractivity contribution < 1.29 is 9.32 Å². The summed E-state index contributed by atoms with van der Waals surface area (Å²) in [5.74, 6) is 1.78. The molecule has 0 radical (unpaired) electrons. The molecule has 140 valence electrons. The van der Waals surface area contributed by atoms with Gasteiger partial charge in [0, 0.05) is 49.9 Å². The number of aryl methyl sites for hydroxylation is 2. The predicted octanol–water partition coefficient (Wildman–Crippen LogP) is 2.16. The smallest absolute Gasteiger partial charge is 0.276 e. The third-order valence-electron chi connectivity index (χ3n) is 6.00. The van der Waals surface area contributed by atoms with Gasteiger partial charge >= 0.3 is 0 Å². The van der Waals surface area contributed by atoms with Gasteiger partial charge < -0.3 is 14.0 Å². The number of hydrogen-bond acceptors (Lipinski definition) is 5. The highest BCUT2D eigenvalue weighted by Gasteiger charge is 2.45. The number of amides is 1. The first kappa shape index (κ1) is 16.3. The van der Waals surface area contributed by atoms with Crippen molar-refractivity contribution in [3.63, 3.8) is 0 Å². The number of likely N-dealkylation sites (tertiary alicyclic amines) is 1. The molecule has 0 saturated carbocycles. The molecule has 0 atom stereocenters. The summed E-state index contributed by atoms with van der Waals surface area (Å²) in [4.78, 5) is 19.3. The van der Waals surface area contributed by atoms with Crippen molar-refractivity contribution in [2.75, 3.05) is 13.1 Å². The summed E-state index contributed by atoms with van der Waals surface area (Å²) in [6.07, 6.45) is 8.81. The Balaban J connectivity index is 1.36. The molecule has 0 aromatic carbocycles. The lowest BCUT2D eigenvalue weighted by molar-refractivity contribution is 0.0653. The normalized spacial score (nSPS) is 18.2. The molecule has 2 aliphatic rings. The number of hydrogen-bond donors (Lipinski definition) is 0. The summed E-state index contributed by atoms with van der Waals surface area (Å²) < 4.78 is 9.19. The van der Waals surface area contributed by atoms with Crippen molar-refractivity contribution >= 4 is 5.91 Å². The van der Waals surface area contributed by atoms with Crippen LogP contribution in [0.1, 0.15) is 41.3 Å². The average Bonchev–Trinajstić information content (AvgIpc) is 3.42. The van der Waals surface area contributed by atoms with E-state index in [4.69, 9.17) is 9.51 Å². The molecule has 0 aliphatic carbocycles. The number of carbonyl (C=O) groups excluding carboxylic acids is 1. The van der Waals surface area contributed by atoms with Crippen LogP contribution in [-0.4, -0.2) is 48.4 Å². The third kappa shape index (κ3) is 2.50. The minimum atomic E-state index is -0.0425. The number of carbonyl (C=O) groups is 1. The molecule has 5 heterocycles. The SMILES string of the molecule is Cc1cc(C(=O)N2CCC3(CC2)CCn2c(-c4cnn(C)c4)cnc23)no1. The topological polar surface area (TPSA) is 82.0 Å². The van der Waals surface area contributed by atoms with Crippen molar-refractivity contribution in [1.29, 1.82) is 0 Å². The Hall–Kier alpha value is -2.90. The fourth-order valence-corrected chi connectivity index (χ4v) is 4.49. The van der Waals surface area contributed by atoms with E-state index in [2.05, 4.69) is 14.8 Å². The first-order valence-electron chi connectivity index (χ1n) is 9.33. The number of fused-ring (bicyclic) bond motifs is 2. The van der Waals surface area contributed by atoms with Crippen molar-refractivity contribution in [2.24, 2.45) is 7.05 Å². The first-order valence-corrected chi connectivity index (χ1v) is 9.33. The van der Waals surface area contributed by atoms with Gasteiger partial charge in [-0.15, -0.1) is 0 Å². The first-order chi connectivity index (χ1) is 13.1. The molecule has 0 N–H and O–H groups in total. The summed E-state index contributed by atoms with van der Waals surface area (Å²) >= 11 is 0. The number of aromatic nitrogens is 5. The second kappa shape index (κ2) is 5.80. The van der Waals surface area contributed by atoms with Crippen molar-refractivity contribution in [1.82, 2.24) is 29.4 Å². The van der Waals surface area contributed by atoms with E-state index in [9.17, 15) is 4.79 Å². The van der Waals surface area contributed by atoms with E-state index in [0.29, 0.717) is 11.5 Å². The van der Waals surface area contributed by atoms with Crippen LogP contribution in [0.15, 0.2) is 29.2 Å². The van der Waals surface area contributed by atoms with Gasteiger partial charge in [0.1, 0.15) is 11.6 Å². The molecule has 2 aliphatic heterocycles. The zero-order valence-corrected chi connectivity index (χ0v) is 15.6. The van der Waals surface area contributed by atoms with Crippen LogP contribution >= 0.6 is 0 Å². The molecular formula is C19H22N6O2. The summed E-state index contributed by atoms with van der Waals surface area (Å²) in [6.45, 7) is 4.21. The van der Waals surface area contributed by atoms with Gasteiger partial charge in [0.25, 0.3) is 5.91 Å². The van der Waals surface area contributed by atoms with E-state index in [0.717, 1.165) is 56.0 Å². The molecule has 8 nitrogen and oxygen atoms in total. The van der Waals surface area contributed by atoms with Crippen LogP contribution in [0.3, 0.4) is 0 Å². The zero-order chi connectivity index (χ0) is 18.6. The Morgan fingerprint density at radius 3 is 2.63 bits per heavy atom. The number of piperidine rings is 1. The van der Waals surface area contributed by atoms with Gasteiger partial charge in [0.2, 0.25) is 0 Å². The maximum Gasteiger partial charge on any atom is 0.276 e. The molecular weight excluding hydrogens is 344 g/mol. The monoisotopic (exact) mass is 366 g/mol. The Labute approximate surface area is 156 Å². The maximum absolute atomic E-state index is 12.6. The Morgan fingerprint density at radius 2 is 1.96 bits per heavy atom. The van der Waals surface area contributed by atoms with Crippen LogP contribution in [0.2, 0.25) is 0 Å². The van der Waals surface area contributed by atoms with Crippen LogP contribution in [0.4, 0.5) is 0 Å². The van der Waals surface area contributed by atoms with Gasteiger partial charge in [0.05, 0.1) is 18.1 Å². The van der Waals surface area contributed by atoms with Crippen LogP contribution < -0.4 is 0 Å². The maximum atomic E-state index is 12.6. The number of nitrogens with zero attached hydrogens (tertiary/aromatic N) is 6. The minimum Gasteiger partial charge on any atom is -0.361 e. The van der Waals surface area contributed by atoms with Crippen LogP contribution in [0.5, 0.6) is 0 Å². The van der Waals surface area contributed by atoms with Crippen LogP contribution in [0.25, 0.3) is 11.3 Å². The second-order valence-electron chi connectivity index (χ2n) is 7.67. The number of imidazole rings is 1. The van der Waals surface area contributed by atoms with Gasteiger partial charge in [-0.3, -0.25) is 9.48 Å². The number of rotatable bonds is 2.